The van der Waals surface area contributed by atoms with Crippen LogP contribution < -0.4 is 10.5 Å². The lowest BCUT2D eigenvalue weighted by Gasteiger charge is -2.09. The van der Waals surface area contributed by atoms with Crippen LogP contribution in [0, 0.1) is 0 Å². The van der Waals surface area contributed by atoms with E-state index in [0.717, 1.165) is 22.0 Å². The van der Waals surface area contributed by atoms with Crippen molar-refractivity contribution in [3.8, 4) is 5.75 Å². The second-order valence-corrected chi connectivity index (χ2v) is 5.41. The van der Waals surface area contributed by atoms with Crippen molar-refractivity contribution >= 4 is 11.3 Å². The average molecular weight is 262 g/mol. The molecule has 1 aromatic heterocycles. The number of hydrogen-bond acceptors (Lipinski definition) is 4. The summed E-state index contributed by atoms with van der Waals surface area (Å²) in [6.07, 6.45) is 0. The number of aromatic nitrogens is 1. The van der Waals surface area contributed by atoms with E-state index in [0.29, 0.717) is 5.92 Å². The van der Waals surface area contributed by atoms with Crippen LogP contribution in [0.5, 0.6) is 5.75 Å². The fourth-order valence-corrected chi connectivity index (χ4v) is 2.67. The van der Waals surface area contributed by atoms with Crippen molar-refractivity contribution in [2.24, 2.45) is 5.73 Å². The third kappa shape index (κ3) is 2.71. The Labute approximate surface area is 112 Å². The number of methoxy groups -OCH3 is 1. The molecule has 3 nitrogen and oxygen atoms in total. The van der Waals surface area contributed by atoms with Gasteiger partial charge in [-0.25, -0.2) is 4.98 Å². The maximum absolute atomic E-state index is 6.23. The van der Waals surface area contributed by atoms with Crippen molar-refractivity contribution in [3.63, 3.8) is 0 Å². The number of rotatable bonds is 4. The zero-order chi connectivity index (χ0) is 13.1. The number of ether oxygens (including phenoxy) is 1. The molecule has 0 spiro atoms. The summed E-state index contributed by atoms with van der Waals surface area (Å²) < 4.78 is 5.14. The van der Waals surface area contributed by atoms with E-state index in [1.165, 1.54) is 0 Å². The molecule has 0 radical (unpaired) electrons. The molecule has 0 aliphatic rings. The summed E-state index contributed by atoms with van der Waals surface area (Å²) in [5.74, 6) is 1.28. The van der Waals surface area contributed by atoms with Crippen LogP contribution >= 0.6 is 11.3 Å². The topological polar surface area (TPSA) is 48.1 Å². The summed E-state index contributed by atoms with van der Waals surface area (Å²) in [6.45, 7) is 4.27. The molecule has 0 aliphatic carbocycles. The van der Waals surface area contributed by atoms with Crippen LogP contribution in [0.15, 0.2) is 29.6 Å². The molecule has 2 rings (SSSR count). The lowest BCUT2D eigenvalue weighted by molar-refractivity contribution is 0.414. The lowest BCUT2D eigenvalue weighted by Crippen LogP contribution is -2.11. The van der Waals surface area contributed by atoms with E-state index in [-0.39, 0.29) is 6.04 Å². The molecule has 0 aliphatic heterocycles. The highest BCUT2D eigenvalue weighted by atomic mass is 32.1. The molecular weight excluding hydrogens is 244 g/mol. The van der Waals surface area contributed by atoms with Gasteiger partial charge in [0.05, 0.1) is 18.8 Å². The molecule has 1 unspecified atom stereocenters. The first-order valence-corrected chi connectivity index (χ1v) is 6.84. The third-order valence-electron chi connectivity index (χ3n) is 2.87. The Morgan fingerprint density at radius 2 is 1.89 bits per heavy atom. The second kappa shape index (κ2) is 5.50. The molecule has 4 heteroatoms. The monoisotopic (exact) mass is 262 g/mol. The Morgan fingerprint density at radius 3 is 2.39 bits per heavy atom. The molecule has 1 heterocycles. The van der Waals surface area contributed by atoms with Gasteiger partial charge in [-0.3, -0.25) is 0 Å². The first kappa shape index (κ1) is 13.1. The number of hydrogen-bond donors (Lipinski definition) is 1. The Balaban J connectivity index is 2.20. The van der Waals surface area contributed by atoms with Gasteiger partial charge in [0.15, 0.2) is 0 Å². The smallest absolute Gasteiger partial charge is 0.118 e. The van der Waals surface area contributed by atoms with E-state index in [1.54, 1.807) is 18.4 Å². The third-order valence-corrected chi connectivity index (χ3v) is 3.82. The van der Waals surface area contributed by atoms with Gasteiger partial charge in [0, 0.05) is 5.38 Å². The van der Waals surface area contributed by atoms with Crippen LogP contribution in [0.3, 0.4) is 0 Å². The SMILES string of the molecule is COc1ccc(C(N)c2nc(C(C)C)cs2)cc1. The molecule has 1 atom stereocenters. The predicted octanol–water partition coefficient (Wildman–Crippen LogP) is 3.32. The molecule has 0 saturated carbocycles. The van der Waals surface area contributed by atoms with Gasteiger partial charge in [-0.2, -0.15) is 0 Å². The molecule has 0 amide bonds. The van der Waals surface area contributed by atoms with Gasteiger partial charge in [-0.15, -0.1) is 11.3 Å². The van der Waals surface area contributed by atoms with Crippen LogP contribution in [-0.2, 0) is 0 Å². The summed E-state index contributed by atoms with van der Waals surface area (Å²) in [5.41, 5.74) is 8.39. The largest absolute Gasteiger partial charge is 0.497 e. The molecule has 18 heavy (non-hydrogen) atoms. The molecule has 2 aromatic rings. The van der Waals surface area contributed by atoms with E-state index in [2.05, 4.69) is 24.2 Å². The fraction of sp³-hybridized carbons (Fsp3) is 0.357. The quantitative estimate of drug-likeness (QED) is 0.919. The van der Waals surface area contributed by atoms with Gasteiger partial charge >= 0.3 is 0 Å². The van der Waals surface area contributed by atoms with Gasteiger partial charge in [-0.1, -0.05) is 26.0 Å². The highest BCUT2D eigenvalue weighted by molar-refractivity contribution is 7.09. The molecular formula is C14H18N2OS. The Hall–Kier alpha value is -1.39. The molecule has 1 aromatic carbocycles. The van der Waals surface area contributed by atoms with E-state index >= 15 is 0 Å². The number of nitrogens with zero attached hydrogens (tertiary/aromatic N) is 1. The van der Waals surface area contributed by atoms with E-state index < -0.39 is 0 Å². The standard InChI is InChI=1S/C14H18N2OS/c1-9(2)12-8-18-14(16-12)13(15)10-4-6-11(17-3)7-5-10/h4-9,13H,15H2,1-3H3. The summed E-state index contributed by atoms with van der Waals surface area (Å²) in [7, 11) is 1.66. The van der Waals surface area contributed by atoms with Crippen LogP contribution in [0.25, 0.3) is 0 Å². The average Bonchev–Trinajstić information content (AvgIpc) is 2.88. The minimum absolute atomic E-state index is 0.159. The lowest BCUT2D eigenvalue weighted by atomic mass is 10.1. The molecule has 0 bridgehead atoms. The highest BCUT2D eigenvalue weighted by Gasteiger charge is 2.14. The molecule has 0 fully saturated rings. The fourth-order valence-electron chi connectivity index (χ4n) is 1.66. The summed E-state index contributed by atoms with van der Waals surface area (Å²) >= 11 is 1.62. The number of thiazole rings is 1. The molecule has 96 valence electrons. The first-order valence-electron chi connectivity index (χ1n) is 5.96. The van der Waals surface area contributed by atoms with Crippen molar-refractivity contribution in [2.75, 3.05) is 7.11 Å². The zero-order valence-electron chi connectivity index (χ0n) is 10.9. The van der Waals surface area contributed by atoms with Gasteiger partial charge in [-0.05, 0) is 23.6 Å². The van der Waals surface area contributed by atoms with Crippen molar-refractivity contribution in [2.45, 2.75) is 25.8 Å². The van der Waals surface area contributed by atoms with Crippen LogP contribution in [-0.4, -0.2) is 12.1 Å². The van der Waals surface area contributed by atoms with Crippen molar-refractivity contribution < 1.29 is 4.74 Å². The molecule has 0 saturated heterocycles. The summed E-state index contributed by atoms with van der Waals surface area (Å²) in [5, 5.41) is 3.05. The van der Waals surface area contributed by atoms with E-state index in [9.17, 15) is 0 Å². The van der Waals surface area contributed by atoms with Crippen LogP contribution in [0.2, 0.25) is 0 Å². The van der Waals surface area contributed by atoms with Crippen LogP contribution in [0.1, 0.15) is 42.1 Å². The highest BCUT2D eigenvalue weighted by Crippen LogP contribution is 2.26. The van der Waals surface area contributed by atoms with Crippen molar-refractivity contribution in [3.05, 3.63) is 45.9 Å². The maximum Gasteiger partial charge on any atom is 0.118 e. The van der Waals surface area contributed by atoms with Crippen molar-refractivity contribution in [1.29, 1.82) is 0 Å². The zero-order valence-corrected chi connectivity index (χ0v) is 11.7. The van der Waals surface area contributed by atoms with Gasteiger partial charge in [0.25, 0.3) is 0 Å². The van der Waals surface area contributed by atoms with Gasteiger partial charge < -0.3 is 10.5 Å². The predicted molar refractivity (Wildman–Crippen MR) is 75.2 cm³/mol. The summed E-state index contributed by atoms with van der Waals surface area (Å²) in [4.78, 5) is 4.59. The van der Waals surface area contributed by atoms with E-state index in [4.69, 9.17) is 10.5 Å². The Bertz CT molecular complexity index is 505. The first-order chi connectivity index (χ1) is 8.61. The second-order valence-electron chi connectivity index (χ2n) is 4.52. The molecule has 2 N–H and O–H groups in total. The minimum atomic E-state index is -0.159. The van der Waals surface area contributed by atoms with Crippen molar-refractivity contribution in [1.82, 2.24) is 4.98 Å². The summed E-state index contributed by atoms with van der Waals surface area (Å²) in [6, 6.07) is 7.66. The Morgan fingerprint density at radius 1 is 1.22 bits per heavy atom. The Kier molecular flexibility index (Phi) is 3.99. The van der Waals surface area contributed by atoms with Crippen LogP contribution in [0.4, 0.5) is 0 Å². The minimum Gasteiger partial charge on any atom is -0.497 e. The normalized spacial score (nSPS) is 12.7. The van der Waals surface area contributed by atoms with Gasteiger partial charge in [0.2, 0.25) is 0 Å². The van der Waals surface area contributed by atoms with E-state index in [1.807, 2.05) is 24.3 Å². The maximum atomic E-state index is 6.23. The number of nitrogens with two attached hydrogens (primary N) is 1. The van der Waals surface area contributed by atoms with Gasteiger partial charge in [0.1, 0.15) is 10.8 Å². The number of benzene rings is 1.